The van der Waals surface area contributed by atoms with E-state index in [2.05, 4.69) is 22.3 Å². The minimum Gasteiger partial charge on any atom is -0.351 e. The first-order chi connectivity index (χ1) is 18.3. The van der Waals surface area contributed by atoms with Crippen molar-refractivity contribution in [2.75, 3.05) is 13.1 Å². The van der Waals surface area contributed by atoms with Crippen LogP contribution < -0.4 is 5.32 Å². The summed E-state index contributed by atoms with van der Waals surface area (Å²) in [4.78, 5) is 15.9. The van der Waals surface area contributed by atoms with Gasteiger partial charge < -0.3 is 10.2 Å². The van der Waals surface area contributed by atoms with Crippen LogP contribution in [0.4, 0.5) is 26.3 Å². The van der Waals surface area contributed by atoms with Crippen LogP contribution in [0, 0.1) is 5.41 Å². The maximum Gasteiger partial charge on any atom is 0.416 e. The van der Waals surface area contributed by atoms with Gasteiger partial charge in [0.2, 0.25) is 5.91 Å². The Morgan fingerprint density at radius 1 is 0.949 bits per heavy atom. The molecule has 2 atom stereocenters. The number of hydrogen-bond acceptors (Lipinski definition) is 2. The highest BCUT2D eigenvalue weighted by molar-refractivity contribution is 5.85. The van der Waals surface area contributed by atoms with Crippen LogP contribution >= 0.6 is 0 Å². The van der Waals surface area contributed by atoms with Crippen LogP contribution in [0.1, 0.15) is 74.1 Å². The average molecular weight is 553 g/mol. The number of likely N-dealkylation sites (tertiary alicyclic amines) is 1. The van der Waals surface area contributed by atoms with E-state index in [1.54, 1.807) is 0 Å². The summed E-state index contributed by atoms with van der Waals surface area (Å²) in [5.74, 6) is 0.139. The van der Waals surface area contributed by atoms with Gasteiger partial charge in [0.05, 0.1) is 16.5 Å². The van der Waals surface area contributed by atoms with Gasteiger partial charge in [0.25, 0.3) is 0 Å². The number of hydrogen-bond donors (Lipinski definition) is 1. The molecular formula is C30H34F6N2O. The van der Waals surface area contributed by atoms with E-state index in [-0.39, 0.29) is 23.6 Å². The van der Waals surface area contributed by atoms with Crippen molar-refractivity contribution in [3.8, 4) is 0 Å². The topological polar surface area (TPSA) is 32.3 Å². The molecule has 1 aliphatic carbocycles. The van der Waals surface area contributed by atoms with Gasteiger partial charge in [-0.05, 0) is 94.3 Å². The highest BCUT2D eigenvalue weighted by atomic mass is 19.4. The molecule has 0 bridgehead atoms. The van der Waals surface area contributed by atoms with Crippen LogP contribution in [-0.4, -0.2) is 29.9 Å². The van der Waals surface area contributed by atoms with Gasteiger partial charge in [0.1, 0.15) is 0 Å². The lowest BCUT2D eigenvalue weighted by molar-refractivity contribution is -0.143. The molecule has 0 aromatic heterocycles. The molecule has 1 heterocycles. The SMILES string of the molecule is CC(C)=CC1(C(=O)NCc2cc(C(F)(F)F)cc(C(F)(F)F)c2)CCC(N2CCC(c3ccccc3)CC2)C1. The molecule has 2 aromatic carbocycles. The Balaban J connectivity index is 1.45. The van der Waals surface area contributed by atoms with Gasteiger partial charge in [-0.3, -0.25) is 4.79 Å². The second-order valence-electron chi connectivity index (χ2n) is 11.1. The normalized spacial score (nSPS) is 23.0. The number of allylic oxidation sites excluding steroid dienone is 1. The fourth-order valence-electron chi connectivity index (χ4n) is 6.12. The molecule has 2 unspecified atom stereocenters. The molecule has 1 saturated carbocycles. The van der Waals surface area contributed by atoms with Crippen molar-refractivity contribution in [1.82, 2.24) is 10.2 Å². The first-order valence-corrected chi connectivity index (χ1v) is 13.3. The Morgan fingerprint density at radius 3 is 2.08 bits per heavy atom. The Hall–Kier alpha value is -2.81. The summed E-state index contributed by atoms with van der Waals surface area (Å²) in [6, 6.07) is 12.0. The van der Waals surface area contributed by atoms with Gasteiger partial charge in [-0.15, -0.1) is 0 Å². The molecule has 2 aliphatic rings. The lowest BCUT2D eigenvalue weighted by Crippen LogP contribution is -2.43. The zero-order valence-electron chi connectivity index (χ0n) is 22.1. The number of nitrogens with one attached hydrogen (secondary N) is 1. The quantitative estimate of drug-likeness (QED) is 0.294. The molecule has 0 radical (unpaired) electrons. The summed E-state index contributed by atoms with van der Waals surface area (Å²) in [7, 11) is 0. The second-order valence-corrected chi connectivity index (χ2v) is 11.1. The standard InChI is InChI=1S/C30H34F6N2O/c1-20(2)17-28(11-8-26(18-28)38-12-9-23(10-13-38)22-6-4-3-5-7-22)27(39)37-19-21-14-24(29(31,32)33)16-25(15-21)30(34,35)36/h3-7,14-17,23,26H,8-13,18-19H2,1-2H3,(H,37,39). The van der Waals surface area contributed by atoms with Crippen molar-refractivity contribution < 1.29 is 31.1 Å². The highest BCUT2D eigenvalue weighted by Gasteiger charge is 2.45. The van der Waals surface area contributed by atoms with E-state index in [4.69, 9.17) is 0 Å². The van der Waals surface area contributed by atoms with E-state index >= 15 is 0 Å². The van der Waals surface area contributed by atoms with Crippen molar-refractivity contribution in [1.29, 1.82) is 0 Å². The predicted molar refractivity (Wildman–Crippen MR) is 138 cm³/mol. The summed E-state index contributed by atoms with van der Waals surface area (Å²) in [6.45, 7) is 5.19. The van der Waals surface area contributed by atoms with Crippen LogP contribution in [-0.2, 0) is 23.7 Å². The summed E-state index contributed by atoms with van der Waals surface area (Å²) in [5, 5.41) is 2.66. The predicted octanol–water partition coefficient (Wildman–Crippen LogP) is 7.73. The van der Waals surface area contributed by atoms with E-state index in [0.29, 0.717) is 30.9 Å². The lowest BCUT2D eigenvalue weighted by Gasteiger charge is -2.37. The fraction of sp³-hybridized carbons (Fsp3) is 0.500. The zero-order chi connectivity index (χ0) is 28.4. The van der Waals surface area contributed by atoms with Gasteiger partial charge in [0, 0.05) is 12.6 Å². The Kier molecular flexibility index (Phi) is 8.50. The van der Waals surface area contributed by atoms with Crippen molar-refractivity contribution in [2.24, 2.45) is 5.41 Å². The van der Waals surface area contributed by atoms with Crippen molar-refractivity contribution in [3.05, 3.63) is 82.4 Å². The van der Waals surface area contributed by atoms with Crippen LogP contribution in [0.3, 0.4) is 0 Å². The third kappa shape index (κ3) is 7.04. The number of benzene rings is 2. The molecule has 3 nitrogen and oxygen atoms in total. The largest absolute Gasteiger partial charge is 0.416 e. The molecule has 2 fully saturated rings. The fourth-order valence-corrected chi connectivity index (χ4v) is 6.12. The maximum absolute atomic E-state index is 13.5. The third-order valence-electron chi connectivity index (χ3n) is 7.96. The number of nitrogens with zero attached hydrogens (tertiary/aromatic N) is 1. The minimum atomic E-state index is -4.93. The molecule has 1 aliphatic heterocycles. The number of carbonyl (C=O) groups is 1. The van der Waals surface area contributed by atoms with E-state index in [1.165, 1.54) is 5.56 Å². The van der Waals surface area contributed by atoms with Gasteiger partial charge >= 0.3 is 12.4 Å². The number of halogens is 6. The number of alkyl halides is 6. The molecule has 4 rings (SSSR count). The minimum absolute atomic E-state index is 0.0958. The number of amides is 1. The molecule has 39 heavy (non-hydrogen) atoms. The van der Waals surface area contributed by atoms with Gasteiger partial charge in [0.15, 0.2) is 0 Å². The van der Waals surface area contributed by atoms with Crippen LogP contribution in [0.5, 0.6) is 0 Å². The van der Waals surface area contributed by atoms with Gasteiger partial charge in [-0.25, -0.2) is 0 Å². The Labute approximate surface area is 225 Å². The molecular weight excluding hydrogens is 518 g/mol. The molecule has 9 heteroatoms. The van der Waals surface area contributed by atoms with E-state index < -0.39 is 35.4 Å². The smallest absolute Gasteiger partial charge is 0.351 e. The Bertz CT molecular complexity index is 1150. The summed E-state index contributed by atoms with van der Waals surface area (Å²) in [6.07, 6.45) is -3.97. The number of piperidine rings is 1. The second kappa shape index (κ2) is 11.4. The molecule has 2 aromatic rings. The first-order valence-electron chi connectivity index (χ1n) is 13.3. The number of carbonyl (C=O) groups excluding carboxylic acids is 1. The molecule has 1 amide bonds. The highest BCUT2D eigenvalue weighted by Crippen LogP contribution is 2.44. The summed E-state index contributed by atoms with van der Waals surface area (Å²) >= 11 is 0. The maximum atomic E-state index is 13.5. The van der Waals surface area contributed by atoms with Crippen LogP contribution in [0.15, 0.2) is 60.2 Å². The van der Waals surface area contributed by atoms with Crippen molar-refractivity contribution in [3.63, 3.8) is 0 Å². The number of rotatable bonds is 6. The molecule has 0 spiro atoms. The van der Waals surface area contributed by atoms with Crippen molar-refractivity contribution >= 4 is 5.91 Å². The third-order valence-corrected chi connectivity index (χ3v) is 7.96. The van der Waals surface area contributed by atoms with E-state index in [0.717, 1.165) is 37.9 Å². The summed E-state index contributed by atoms with van der Waals surface area (Å²) < 4.78 is 79.6. The van der Waals surface area contributed by atoms with Gasteiger partial charge in [-0.2, -0.15) is 26.3 Å². The van der Waals surface area contributed by atoms with E-state index in [1.807, 2.05) is 38.1 Å². The van der Waals surface area contributed by atoms with Crippen LogP contribution in [0.25, 0.3) is 0 Å². The molecule has 1 N–H and O–H groups in total. The monoisotopic (exact) mass is 552 g/mol. The average Bonchev–Trinajstić information content (AvgIpc) is 3.31. The van der Waals surface area contributed by atoms with Gasteiger partial charge in [-0.1, -0.05) is 42.0 Å². The molecule has 1 saturated heterocycles. The van der Waals surface area contributed by atoms with E-state index in [9.17, 15) is 31.1 Å². The van der Waals surface area contributed by atoms with Crippen molar-refractivity contribution in [2.45, 2.75) is 76.8 Å². The first kappa shape index (κ1) is 29.2. The molecule has 212 valence electrons. The lowest BCUT2D eigenvalue weighted by atomic mass is 9.82. The Morgan fingerprint density at radius 2 is 1.54 bits per heavy atom. The summed E-state index contributed by atoms with van der Waals surface area (Å²) in [5.41, 5.74) is -1.60. The zero-order valence-corrected chi connectivity index (χ0v) is 22.1. The van der Waals surface area contributed by atoms with Crippen LogP contribution in [0.2, 0.25) is 0 Å².